The van der Waals surface area contributed by atoms with Crippen LogP contribution in [0.2, 0.25) is 0 Å². The molecule has 0 unspecified atom stereocenters. The van der Waals surface area contributed by atoms with E-state index in [2.05, 4.69) is 24.0 Å². The monoisotopic (exact) mass is 163 g/mol. The van der Waals surface area contributed by atoms with E-state index in [1.807, 2.05) is 39.2 Å². The molecule has 0 radical (unpaired) electrons. The van der Waals surface area contributed by atoms with E-state index in [1.54, 1.807) is 0 Å². The molecule has 1 nitrogen and oxygen atoms in total. The third-order valence-electron chi connectivity index (χ3n) is 1.27. The molecule has 1 aromatic rings. The highest BCUT2D eigenvalue weighted by Gasteiger charge is 1.86. The van der Waals surface area contributed by atoms with Crippen molar-refractivity contribution in [2.75, 3.05) is 14.1 Å². The van der Waals surface area contributed by atoms with Gasteiger partial charge in [-0.1, -0.05) is 42.5 Å². The van der Waals surface area contributed by atoms with E-state index in [0.717, 1.165) is 5.57 Å². The number of hydrogen-bond acceptors (Lipinski definition) is 1. The van der Waals surface area contributed by atoms with Gasteiger partial charge in [0.2, 0.25) is 0 Å². The zero-order chi connectivity index (χ0) is 9.40. The van der Waals surface area contributed by atoms with E-state index in [9.17, 15) is 0 Å². The lowest BCUT2D eigenvalue weighted by Crippen LogP contribution is -1.89. The van der Waals surface area contributed by atoms with Gasteiger partial charge in [0.15, 0.2) is 0 Å². The lowest BCUT2D eigenvalue weighted by atomic mass is 10.1. The Bertz CT molecular complexity index is 214. The van der Waals surface area contributed by atoms with Crippen molar-refractivity contribution in [1.82, 2.24) is 5.32 Å². The van der Waals surface area contributed by atoms with Crippen LogP contribution >= 0.6 is 0 Å². The normalized spacial score (nSPS) is 8.25. The summed E-state index contributed by atoms with van der Waals surface area (Å²) >= 11 is 0. The molecular formula is C11H17N. The van der Waals surface area contributed by atoms with E-state index in [1.165, 1.54) is 5.56 Å². The molecule has 0 bridgehead atoms. The van der Waals surface area contributed by atoms with Crippen molar-refractivity contribution in [3.05, 3.63) is 42.5 Å². The summed E-state index contributed by atoms with van der Waals surface area (Å²) in [5, 5.41) is 2.75. The van der Waals surface area contributed by atoms with Crippen LogP contribution in [-0.4, -0.2) is 14.1 Å². The van der Waals surface area contributed by atoms with Gasteiger partial charge in [0.05, 0.1) is 0 Å². The molecule has 1 aromatic carbocycles. The third kappa shape index (κ3) is 4.69. The lowest BCUT2D eigenvalue weighted by Gasteiger charge is -1.94. The lowest BCUT2D eigenvalue weighted by molar-refractivity contribution is 1.02. The van der Waals surface area contributed by atoms with Crippen LogP contribution in [0.3, 0.4) is 0 Å². The Kier molecular flexibility index (Phi) is 6.02. The molecule has 1 N–H and O–H groups in total. The highest BCUT2D eigenvalue weighted by Crippen LogP contribution is 2.08. The highest BCUT2D eigenvalue weighted by atomic mass is 14.7. The molecule has 0 heterocycles. The first-order valence-corrected chi connectivity index (χ1v) is 4.01. The van der Waals surface area contributed by atoms with Crippen LogP contribution in [0.25, 0.3) is 5.57 Å². The summed E-state index contributed by atoms with van der Waals surface area (Å²) in [6, 6.07) is 10.2. The summed E-state index contributed by atoms with van der Waals surface area (Å²) in [6.07, 6.45) is 0. The fraction of sp³-hybridized carbons (Fsp3) is 0.273. The minimum Gasteiger partial charge on any atom is -0.323 e. The second-order valence-electron chi connectivity index (χ2n) is 2.65. The van der Waals surface area contributed by atoms with E-state index >= 15 is 0 Å². The molecule has 66 valence electrons. The number of hydrogen-bond donors (Lipinski definition) is 1. The Morgan fingerprint density at radius 1 is 1.17 bits per heavy atom. The Hall–Kier alpha value is -1.08. The van der Waals surface area contributed by atoms with Crippen molar-refractivity contribution in [2.24, 2.45) is 0 Å². The average molecular weight is 163 g/mol. The number of rotatable bonds is 1. The van der Waals surface area contributed by atoms with Crippen molar-refractivity contribution in [3.8, 4) is 0 Å². The van der Waals surface area contributed by atoms with Crippen molar-refractivity contribution in [3.63, 3.8) is 0 Å². The zero-order valence-electron chi connectivity index (χ0n) is 8.09. The van der Waals surface area contributed by atoms with E-state index < -0.39 is 0 Å². The summed E-state index contributed by atoms with van der Waals surface area (Å²) in [5.41, 5.74) is 2.34. The average Bonchev–Trinajstić information content (AvgIpc) is 2.07. The first-order valence-electron chi connectivity index (χ1n) is 4.01. The maximum atomic E-state index is 3.83. The third-order valence-corrected chi connectivity index (χ3v) is 1.27. The van der Waals surface area contributed by atoms with Crippen molar-refractivity contribution in [1.29, 1.82) is 0 Å². The fourth-order valence-corrected chi connectivity index (χ4v) is 0.723. The van der Waals surface area contributed by atoms with Crippen LogP contribution in [-0.2, 0) is 0 Å². The van der Waals surface area contributed by atoms with Crippen LogP contribution in [0.5, 0.6) is 0 Å². The number of benzene rings is 1. The summed E-state index contributed by atoms with van der Waals surface area (Å²) < 4.78 is 0. The predicted molar refractivity (Wildman–Crippen MR) is 56.1 cm³/mol. The standard InChI is InChI=1S/C9H10.C2H7N/c1-8(2)9-6-4-3-5-7-9;1-3-2/h3-7H,1H2,2H3;3H,1-2H3. The second-order valence-corrected chi connectivity index (χ2v) is 2.65. The molecule has 0 spiro atoms. The smallest absolute Gasteiger partial charge is 0.0167 e. The Morgan fingerprint density at radius 3 is 1.83 bits per heavy atom. The number of allylic oxidation sites excluding steroid dienone is 1. The van der Waals surface area contributed by atoms with Gasteiger partial charge < -0.3 is 5.32 Å². The van der Waals surface area contributed by atoms with Gasteiger partial charge in [-0.15, -0.1) is 0 Å². The Morgan fingerprint density at radius 2 is 1.58 bits per heavy atom. The topological polar surface area (TPSA) is 12.0 Å². The quantitative estimate of drug-likeness (QED) is 0.671. The minimum atomic E-state index is 1.12. The highest BCUT2D eigenvalue weighted by molar-refractivity contribution is 5.60. The summed E-state index contributed by atoms with van der Waals surface area (Å²) in [7, 11) is 3.75. The van der Waals surface area contributed by atoms with Gasteiger partial charge >= 0.3 is 0 Å². The maximum absolute atomic E-state index is 3.83. The SMILES string of the molecule is C=C(C)c1ccccc1.CNC. The molecule has 0 saturated heterocycles. The van der Waals surface area contributed by atoms with Crippen LogP contribution in [0.4, 0.5) is 0 Å². The Balaban J connectivity index is 0.000000354. The summed E-state index contributed by atoms with van der Waals surface area (Å²) in [6.45, 7) is 5.83. The van der Waals surface area contributed by atoms with Gasteiger partial charge in [0.25, 0.3) is 0 Å². The molecule has 1 heteroatoms. The molecule has 0 aliphatic carbocycles. The van der Waals surface area contributed by atoms with Crippen molar-refractivity contribution >= 4 is 5.57 Å². The van der Waals surface area contributed by atoms with Gasteiger partial charge in [-0.2, -0.15) is 0 Å². The molecule has 0 atom stereocenters. The predicted octanol–water partition coefficient (Wildman–Crippen LogP) is 2.56. The fourth-order valence-electron chi connectivity index (χ4n) is 0.723. The molecule has 0 aromatic heterocycles. The van der Waals surface area contributed by atoms with Crippen LogP contribution in [0.1, 0.15) is 12.5 Å². The largest absolute Gasteiger partial charge is 0.323 e. The van der Waals surface area contributed by atoms with E-state index in [0.29, 0.717) is 0 Å². The number of nitrogens with one attached hydrogen (secondary N) is 1. The molecule has 0 aliphatic heterocycles. The van der Waals surface area contributed by atoms with Gasteiger partial charge in [-0.3, -0.25) is 0 Å². The van der Waals surface area contributed by atoms with Crippen LogP contribution in [0.15, 0.2) is 36.9 Å². The first kappa shape index (κ1) is 10.9. The first-order chi connectivity index (χ1) is 5.72. The molecule has 0 aliphatic rings. The van der Waals surface area contributed by atoms with E-state index in [-0.39, 0.29) is 0 Å². The maximum Gasteiger partial charge on any atom is -0.0167 e. The van der Waals surface area contributed by atoms with Crippen LogP contribution < -0.4 is 5.32 Å². The van der Waals surface area contributed by atoms with Crippen molar-refractivity contribution < 1.29 is 0 Å². The van der Waals surface area contributed by atoms with Gasteiger partial charge in [-0.05, 0) is 26.6 Å². The minimum absolute atomic E-state index is 1.12. The summed E-state index contributed by atoms with van der Waals surface area (Å²) in [4.78, 5) is 0. The molecule has 0 fully saturated rings. The van der Waals surface area contributed by atoms with E-state index in [4.69, 9.17) is 0 Å². The van der Waals surface area contributed by atoms with Crippen LogP contribution in [0, 0.1) is 0 Å². The zero-order valence-corrected chi connectivity index (χ0v) is 8.09. The molecule has 12 heavy (non-hydrogen) atoms. The molecular weight excluding hydrogens is 146 g/mol. The molecule has 0 saturated carbocycles. The Labute approximate surface area is 75.1 Å². The summed E-state index contributed by atoms with van der Waals surface area (Å²) in [5.74, 6) is 0. The van der Waals surface area contributed by atoms with Gasteiger partial charge in [0, 0.05) is 0 Å². The molecule has 1 rings (SSSR count). The molecule has 0 amide bonds. The van der Waals surface area contributed by atoms with Gasteiger partial charge in [0.1, 0.15) is 0 Å². The second kappa shape index (κ2) is 6.62. The van der Waals surface area contributed by atoms with Crippen molar-refractivity contribution in [2.45, 2.75) is 6.92 Å². The van der Waals surface area contributed by atoms with Gasteiger partial charge in [-0.25, -0.2) is 0 Å².